The monoisotopic (exact) mass is 328 g/mol. The van der Waals surface area contributed by atoms with E-state index in [2.05, 4.69) is 0 Å². The van der Waals surface area contributed by atoms with E-state index in [1.807, 2.05) is 0 Å². The van der Waals surface area contributed by atoms with Crippen molar-refractivity contribution in [3.05, 3.63) is 0 Å². The normalized spacial score (nSPS) is 47.3. The van der Waals surface area contributed by atoms with Crippen LogP contribution < -0.4 is 0 Å². The molecule has 0 aromatic heterocycles. The summed E-state index contributed by atoms with van der Waals surface area (Å²) >= 11 is 0. The third kappa shape index (κ3) is 2.16. The highest BCUT2D eigenvalue weighted by Gasteiger charge is 2.67. The summed E-state index contributed by atoms with van der Waals surface area (Å²) in [6.07, 6.45) is 0. The van der Waals surface area contributed by atoms with Crippen LogP contribution in [-0.4, -0.2) is 54.1 Å². The Kier molecular flexibility index (Phi) is 4.50. The molecule has 6 nitrogen and oxygen atoms in total. The molecule has 0 aromatic rings. The number of hydrogen-bond acceptors (Lipinski definition) is 6. The first-order chi connectivity index (χ1) is 8.63. The lowest BCUT2D eigenvalue weighted by Gasteiger charge is -2.51. The van der Waals surface area contributed by atoms with Crippen molar-refractivity contribution in [2.45, 2.75) is 75.2 Å². The van der Waals surface area contributed by atoms with Crippen LogP contribution in [-0.2, 0) is 9.13 Å². The molecule has 4 N–H and O–H groups in total. The summed E-state index contributed by atoms with van der Waals surface area (Å²) in [4.78, 5) is 0. The van der Waals surface area contributed by atoms with Crippen LogP contribution in [0.25, 0.3) is 0 Å². The fourth-order valence-electron chi connectivity index (χ4n) is 2.69. The molecular weight excluding hydrogens is 302 g/mol. The molecule has 0 aromatic carbocycles. The largest absolute Gasteiger partial charge is 0.382 e. The Hall–Kier alpha value is 0.300. The molecular formula is C12H26O6P2. The van der Waals surface area contributed by atoms with Crippen LogP contribution in [0.5, 0.6) is 0 Å². The third-order valence-electron chi connectivity index (χ3n) is 4.20. The lowest BCUT2D eigenvalue weighted by molar-refractivity contribution is 0.0569. The second-order valence-corrected chi connectivity index (χ2v) is 15.1. The molecule has 0 aliphatic carbocycles. The van der Waals surface area contributed by atoms with Gasteiger partial charge in [0.2, 0.25) is 0 Å². The number of aliphatic hydroxyl groups excluding tert-OH is 4. The minimum absolute atomic E-state index is 1.03. The summed E-state index contributed by atoms with van der Waals surface area (Å²) < 4.78 is 26.0. The highest BCUT2D eigenvalue weighted by Crippen LogP contribution is 2.79. The molecule has 4 unspecified atom stereocenters. The molecule has 1 aliphatic rings. The van der Waals surface area contributed by atoms with Crippen molar-refractivity contribution in [2.75, 3.05) is 0 Å². The third-order valence-corrected chi connectivity index (χ3v) is 13.1. The zero-order chi connectivity index (χ0) is 16.3. The van der Waals surface area contributed by atoms with E-state index in [4.69, 9.17) is 0 Å². The van der Waals surface area contributed by atoms with Gasteiger partial charge in [0.05, 0.1) is 0 Å². The van der Waals surface area contributed by atoms with Gasteiger partial charge in [0, 0.05) is 10.3 Å². The van der Waals surface area contributed by atoms with Crippen molar-refractivity contribution >= 4 is 14.3 Å². The molecule has 1 fully saturated rings. The molecule has 4 atom stereocenters. The predicted octanol–water partition coefficient (Wildman–Crippen LogP) is 1.60. The van der Waals surface area contributed by atoms with E-state index in [9.17, 15) is 29.6 Å². The van der Waals surface area contributed by atoms with Crippen molar-refractivity contribution in [3.63, 3.8) is 0 Å². The Morgan fingerprint density at radius 1 is 0.600 bits per heavy atom. The standard InChI is InChI=1S/C12H26O6P2/c1-11(2,3)19(17)7(13)9(15)20(18,12(4,5)6)10(16)8(19)14/h7-10,13-16H,1-6H3. The molecule has 0 spiro atoms. The molecule has 0 saturated carbocycles. The van der Waals surface area contributed by atoms with Gasteiger partial charge in [0.15, 0.2) is 14.3 Å². The summed E-state index contributed by atoms with van der Waals surface area (Å²) in [7, 11) is -7.60. The minimum Gasteiger partial charge on any atom is -0.382 e. The van der Waals surface area contributed by atoms with Crippen LogP contribution in [0.2, 0.25) is 0 Å². The van der Waals surface area contributed by atoms with E-state index in [0.29, 0.717) is 0 Å². The summed E-state index contributed by atoms with van der Waals surface area (Å²) in [5.74, 6) is -7.26. The van der Waals surface area contributed by atoms with Gasteiger partial charge in [-0.15, -0.1) is 0 Å². The molecule has 0 amide bonds. The minimum atomic E-state index is -3.80. The van der Waals surface area contributed by atoms with Gasteiger partial charge in [0.1, 0.15) is 23.4 Å². The summed E-state index contributed by atoms with van der Waals surface area (Å²) in [6.45, 7) is 9.29. The van der Waals surface area contributed by atoms with E-state index in [1.165, 1.54) is 0 Å². The van der Waals surface area contributed by atoms with Crippen LogP contribution >= 0.6 is 14.3 Å². The number of hydrogen-bond donors (Lipinski definition) is 4. The van der Waals surface area contributed by atoms with E-state index < -0.39 is 48.0 Å². The van der Waals surface area contributed by atoms with Gasteiger partial charge in [-0.05, 0) is 0 Å². The van der Waals surface area contributed by atoms with Crippen molar-refractivity contribution in [2.24, 2.45) is 0 Å². The van der Waals surface area contributed by atoms with Crippen LogP contribution in [0.15, 0.2) is 0 Å². The topological polar surface area (TPSA) is 115 Å². The average Bonchev–Trinajstić information content (AvgIpc) is 2.28. The number of rotatable bonds is 0. The predicted molar refractivity (Wildman–Crippen MR) is 78.7 cm³/mol. The second-order valence-electron chi connectivity index (χ2n) is 7.41. The highest BCUT2D eigenvalue weighted by molar-refractivity contribution is 7.74. The number of aliphatic hydroxyl groups is 4. The summed E-state index contributed by atoms with van der Waals surface area (Å²) in [5, 5.41) is 39.0. The summed E-state index contributed by atoms with van der Waals surface area (Å²) in [5.41, 5.74) is 0. The van der Waals surface area contributed by atoms with Gasteiger partial charge >= 0.3 is 0 Å². The maximum Gasteiger partial charge on any atom is 0.153 e. The molecule has 8 heteroatoms. The second kappa shape index (κ2) is 4.91. The average molecular weight is 328 g/mol. The fourth-order valence-corrected chi connectivity index (χ4v) is 10.5. The van der Waals surface area contributed by atoms with Gasteiger partial charge in [-0.3, -0.25) is 0 Å². The maximum absolute atomic E-state index is 13.0. The molecule has 20 heavy (non-hydrogen) atoms. The Bertz CT molecular complexity index is 407. The van der Waals surface area contributed by atoms with Gasteiger partial charge in [-0.25, -0.2) is 0 Å². The molecule has 120 valence electrons. The van der Waals surface area contributed by atoms with Crippen molar-refractivity contribution in [1.29, 1.82) is 0 Å². The Balaban J connectivity index is 3.53. The van der Waals surface area contributed by atoms with Gasteiger partial charge in [-0.2, -0.15) is 0 Å². The maximum atomic E-state index is 13.0. The van der Waals surface area contributed by atoms with Crippen LogP contribution in [0, 0.1) is 0 Å². The molecule has 0 bridgehead atoms. The van der Waals surface area contributed by atoms with Gasteiger partial charge in [0.25, 0.3) is 0 Å². The lowest BCUT2D eigenvalue weighted by atomic mass is 10.3. The first kappa shape index (κ1) is 18.3. The quantitative estimate of drug-likeness (QED) is 0.502. The van der Waals surface area contributed by atoms with E-state index in [0.717, 1.165) is 0 Å². The lowest BCUT2D eigenvalue weighted by Crippen LogP contribution is -2.51. The van der Waals surface area contributed by atoms with Crippen LogP contribution in [0.3, 0.4) is 0 Å². The molecule has 1 saturated heterocycles. The van der Waals surface area contributed by atoms with Gasteiger partial charge < -0.3 is 29.6 Å². The molecule has 0 radical (unpaired) electrons. The SMILES string of the molecule is CC(C)(C)P1(=O)C(O)C(O)P(=O)(C(C)(C)C)C(O)C1O. The Morgan fingerprint density at radius 3 is 0.850 bits per heavy atom. The van der Waals surface area contributed by atoms with Crippen molar-refractivity contribution in [3.8, 4) is 0 Å². The van der Waals surface area contributed by atoms with E-state index >= 15 is 0 Å². The Labute approximate surface area is 120 Å². The molecule has 1 aliphatic heterocycles. The molecule has 1 heterocycles. The highest BCUT2D eigenvalue weighted by atomic mass is 31.2. The first-order valence-corrected chi connectivity index (χ1v) is 10.2. The van der Waals surface area contributed by atoms with Crippen LogP contribution in [0.1, 0.15) is 41.5 Å². The van der Waals surface area contributed by atoms with Crippen LogP contribution in [0.4, 0.5) is 0 Å². The fraction of sp³-hybridized carbons (Fsp3) is 1.00. The smallest absolute Gasteiger partial charge is 0.153 e. The zero-order valence-electron chi connectivity index (χ0n) is 12.8. The summed E-state index contributed by atoms with van der Waals surface area (Å²) in [6, 6.07) is 0. The molecule has 1 rings (SSSR count). The Morgan fingerprint density at radius 2 is 0.750 bits per heavy atom. The first-order valence-electron chi connectivity index (χ1n) is 6.54. The van der Waals surface area contributed by atoms with Gasteiger partial charge in [-0.1, -0.05) is 41.5 Å². The van der Waals surface area contributed by atoms with Crippen molar-refractivity contribution in [1.82, 2.24) is 0 Å². The van der Waals surface area contributed by atoms with E-state index in [-0.39, 0.29) is 0 Å². The van der Waals surface area contributed by atoms with E-state index in [1.54, 1.807) is 41.5 Å². The van der Waals surface area contributed by atoms with Crippen molar-refractivity contribution < 1.29 is 29.6 Å². The zero-order valence-corrected chi connectivity index (χ0v) is 14.6.